The molecule has 0 bridgehead atoms. The molecule has 5 heteroatoms. The maximum absolute atomic E-state index is 11.1. The molecule has 0 amide bonds. The number of carboxylic acid groups (broad SMARTS) is 1. The summed E-state index contributed by atoms with van der Waals surface area (Å²) >= 11 is 0. The Morgan fingerprint density at radius 2 is 1.71 bits per heavy atom. The minimum Gasteiger partial charge on any atom is -0.480 e. The van der Waals surface area contributed by atoms with Gasteiger partial charge in [-0.15, -0.1) is 0 Å². The molecular formula is C19H35NO4. The van der Waals surface area contributed by atoms with Gasteiger partial charge in [-0.25, -0.2) is 4.79 Å². The molecule has 1 fully saturated rings. The molecule has 0 aliphatic carbocycles. The number of carbonyl (C=O) groups excluding carboxylic acids is 1. The van der Waals surface area contributed by atoms with Crippen molar-refractivity contribution < 1.29 is 19.4 Å². The number of nitrogens with zero attached hydrogens (tertiary/aromatic N) is 1. The number of piperidine rings is 1. The summed E-state index contributed by atoms with van der Waals surface area (Å²) in [6, 6.07) is 0. The molecule has 0 aromatic rings. The number of rotatable bonds is 7. The summed E-state index contributed by atoms with van der Waals surface area (Å²) in [7, 11) is 0. The van der Waals surface area contributed by atoms with Crippen LogP contribution in [0.15, 0.2) is 23.9 Å². The number of ether oxygens (including phenoxy) is 1. The molecule has 0 saturated carbocycles. The summed E-state index contributed by atoms with van der Waals surface area (Å²) in [6.07, 6.45) is 7.11. The number of ketones is 1. The summed E-state index contributed by atoms with van der Waals surface area (Å²) in [5, 5.41) is 8.54. The zero-order valence-electron chi connectivity index (χ0n) is 16.2. The lowest BCUT2D eigenvalue weighted by atomic mass is 10.0. The van der Waals surface area contributed by atoms with Crippen molar-refractivity contribution >= 4 is 11.8 Å². The third kappa shape index (κ3) is 12.9. The van der Waals surface area contributed by atoms with E-state index in [1.54, 1.807) is 0 Å². The lowest BCUT2D eigenvalue weighted by Crippen LogP contribution is -2.29. The molecule has 1 N–H and O–H groups in total. The van der Waals surface area contributed by atoms with Crippen molar-refractivity contribution in [1.29, 1.82) is 0 Å². The maximum atomic E-state index is 11.1. The van der Waals surface area contributed by atoms with E-state index < -0.39 is 5.97 Å². The van der Waals surface area contributed by atoms with E-state index in [0.717, 1.165) is 18.7 Å². The van der Waals surface area contributed by atoms with E-state index in [4.69, 9.17) is 9.84 Å². The van der Waals surface area contributed by atoms with Gasteiger partial charge in [0.2, 0.25) is 0 Å². The highest BCUT2D eigenvalue weighted by Gasteiger charge is 2.12. The van der Waals surface area contributed by atoms with Gasteiger partial charge in [-0.1, -0.05) is 47.6 Å². The molecule has 1 heterocycles. The summed E-state index contributed by atoms with van der Waals surface area (Å²) in [5.41, 5.74) is 1.05. The quantitative estimate of drug-likeness (QED) is 0.711. The Labute approximate surface area is 147 Å². The first-order valence-corrected chi connectivity index (χ1v) is 8.91. The van der Waals surface area contributed by atoms with Crippen LogP contribution in [0.25, 0.3) is 0 Å². The summed E-state index contributed by atoms with van der Waals surface area (Å²) in [5.74, 6) is -0.326. The Kier molecular flexibility index (Phi) is 16.7. The Balaban J connectivity index is 0. The predicted octanol–water partition coefficient (Wildman–Crippen LogP) is 3.90. The van der Waals surface area contributed by atoms with Gasteiger partial charge in [0.1, 0.15) is 12.4 Å². The van der Waals surface area contributed by atoms with Crippen LogP contribution >= 0.6 is 0 Å². The van der Waals surface area contributed by atoms with E-state index in [0.29, 0.717) is 31.1 Å². The van der Waals surface area contributed by atoms with E-state index in [1.807, 2.05) is 59.9 Å². The first-order chi connectivity index (χ1) is 11.5. The van der Waals surface area contributed by atoms with Gasteiger partial charge >= 0.3 is 5.97 Å². The van der Waals surface area contributed by atoms with Gasteiger partial charge in [0.15, 0.2) is 0 Å². The average Bonchev–Trinajstić information content (AvgIpc) is 2.58. The Bertz CT molecular complexity index is 390. The molecule has 1 rings (SSSR count). The molecule has 0 unspecified atom stereocenters. The largest absolute Gasteiger partial charge is 0.480 e. The van der Waals surface area contributed by atoms with Gasteiger partial charge in [-0.05, 0) is 23.8 Å². The average molecular weight is 341 g/mol. The molecule has 140 valence electrons. The highest BCUT2D eigenvalue weighted by atomic mass is 16.5. The lowest BCUT2D eigenvalue weighted by molar-refractivity contribution is -0.141. The Morgan fingerprint density at radius 3 is 2.17 bits per heavy atom. The standard InChI is InChI=1S/C15H23NO4.2C2H6/c1-12(2)13(10-20-11-15(18)19)4-3-7-16-8-5-14(17)6-9-16;2*1-2/h3-4,7,12H,5-6,8-11H2,1-2H3,(H,18,19);2*1-2H3/b7-3+,13-4-;;. The second kappa shape index (κ2) is 16.2. The number of allylic oxidation sites excluding steroid dienone is 2. The maximum Gasteiger partial charge on any atom is 0.329 e. The third-order valence-electron chi connectivity index (χ3n) is 3.20. The zero-order chi connectivity index (χ0) is 19.0. The molecular weight excluding hydrogens is 306 g/mol. The van der Waals surface area contributed by atoms with Crippen molar-refractivity contribution in [2.45, 2.75) is 54.4 Å². The van der Waals surface area contributed by atoms with Crippen LogP contribution in [0.1, 0.15) is 54.4 Å². The molecule has 24 heavy (non-hydrogen) atoms. The van der Waals surface area contributed by atoms with Gasteiger partial charge < -0.3 is 14.7 Å². The number of carbonyl (C=O) groups is 2. The van der Waals surface area contributed by atoms with Gasteiger partial charge in [-0.2, -0.15) is 0 Å². The normalized spacial score (nSPS) is 14.9. The van der Waals surface area contributed by atoms with E-state index in [9.17, 15) is 9.59 Å². The van der Waals surface area contributed by atoms with Crippen molar-refractivity contribution in [2.24, 2.45) is 5.92 Å². The molecule has 0 radical (unpaired) electrons. The fraction of sp³-hybridized carbons (Fsp3) is 0.684. The van der Waals surface area contributed by atoms with Crippen LogP contribution in [-0.2, 0) is 14.3 Å². The topological polar surface area (TPSA) is 66.8 Å². The van der Waals surface area contributed by atoms with Gasteiger partial charge in [0.05, 0.1) is 6.61 Å². The molecule has 0 atom stereocenters. The molecule has 5 nitrogen and oxygen atoms in total. The summed E-state index contributed by atoms with van der Waals surface area (Å²) in [4.78, 5) is 23.7. The number of Topliss-reactive ketones (excluding diaryl/α,β-unsaturated/α-hetero) is 1. The van der Waals surface area contributed by atoms with Crippen molar-refractivity contribution in [3.63, 3.8) is 0 Å². The fourth-order valence-corrected chi connectivity index (χ4v) is 1.87. The zero-order valence-corrected chi connectivity index (χ0v) is 16.2. The van der Waals surface area contributed by atoms with Crippen LogP contribution in [0.3, 0.4) is 0 Å². The molecule has 1 aliphatic rings. The van der Waals surface area contributed by atoms with Gasteiger partial charge in [0.25, 0.3) is 0 Å². The minimum absolute atomic E-state index is 0.276. The molecule has 0 aromatic heterocycles. The van der Waals surface area contributed by atoms with Crippen molar-refractivity contribution in [3.05, 3.63) is 23.9 Å². The van der Waals surface area contributed by atoms with E-state index in [2.05, 4.69) is 4.90 Å². The summed E-state index contributed by atoms with van der Waals surface area (Å²) in [6.45, 7) is 13.7. The van der Waals surface area contributed by atoms with Crippen molar-refractivity contribution in [1.82, 2.24) is 4.90 Å². The second-order valence-corrected chi connectivity index (χ2v) is 5.20. The predicted molar refractivity (Wildman–Crippen MR) is 99.0 cm³/mol. The molecule has 0 aromatic carbocycles. The Morgan fingerprint density at radius 1 is 1.17 bits per heavy atom. The highest BCUT2D eigenvalue weighted by Crippen LogP contribution is 2.11. The van der Waals surface area contributed by atoms with Gasteiger partial charge in [0, 0.05) is 25.9 Å². The van der Waals surface area contributed by atoms with Crippen LogP contribution in [0.4, 0.5) is 0 Å². The lowest BCUT2D eigenvalue weighted by Gasteiger charge is -2.23. The number of carboxylic acids is 1. The smallest absolute Gasteiger partial charge is 0.329 e. The van der Waals surface area contributed by atoms with Crippen LogP contribution in [0, 0.1) is 5.92 Å². The third-order valence-corrected chi connectivity index (χ3v) is 3.20. The van der Waals surface area contributed by atoms with Crippen LogP contribution < -0.4 is 0 Å². The Hall–Kier alpha value is -1.62. The van der Waals surface area contributed by atoms with Crippen LogP contribution in [-0.4, -0.2) is 48.1 Å². The minimum atomic E-state index is -0.957. The van der Waals surface area contributed by atoms with Crippen LogP contribution in [0.2, 0.25) is 0 Å². The van der Waals surface area contributed by atoms with Crippen molar-refractivity contribution in [3.8, 4) is 0 Å². The highest BCUT2D eigenvalue weighted by molar-refractivity contribution is 5.79. The van der Waals surface area contributed by atoms with E-state index >= 15 is 0 Å². The number of likely N-dealkylation sites (tertiary alicyclic amines) is 1. The summed E-state index contributed by atoms with van der Waals surface area (Å²) < 4.78 is 5.12. The first-order valence-electron chi connectivity index (χ1n) is 8.91. The molecule has 1 aliphatic heterocycles. The molecule has 0 spiro atoms. The monoisotopic (exact) mass is 341 g/mol. The van der Waals surface area contributed by atoms with Gasteiger partial charge in [-0.3, -0.25) is 4.79 Å². The van der Waals surface area contributed by atoms with E-state index in [1.165, 1.54) is 0 Å². The number of hydrogen-bond donors (Lipinski definition) is 1. The van der Waals surface area contributed by atoms with E-state index in [-0.39, 0.29) is 6.61 Å². The molecule has 1 saturated heterocycles. The number of hydrogen-bond acceptors (Lipinski definition) is 4. The fourth-order valence-electron chi connectivity index (χ4n) is 1.87. The number of aliphatic carboxylic acids is 1. The second-order valence-electron chi connectivity index (χ2n) is 5.20. The first kappa shape index (κ1) is 24.6. The van der Waals surface area contributed by atoms with Crippen LogP contribution in [0.5, 0.6) is 0 Å². The van der Waals surface area contributed by atoms with Crippen molar-refractivity contribution in [2.75, 3.05) is 26.3 Å². The SMILES string of the molecule is CC.CC.CC(C)/C(=C\C=C\N1CCC(=O)CC1)COCC(=O)O.